The van der Waals surface area contributed by atoms with E-state index in [1.54, 1.807) is 13.0 Å². The van der Waals surface area contributed by atoms with E-state index in [0.717, 1.165) is 36.8 Å². The Kier molecular flexibility index (Phi) is 12.4. The van der Waals surface area contributed by atoms with Gasteiger partial charge in [-0.25, -0.2) is 15.0 Å². The second-order valence-corrected chi connectivity index (χ2v) is 13.3. The summed E-state index contributed by atoms with van der Waals surface area (Å²) >= 11 is 1.24. The molecule has 0 saturated carbocycles. The van der Waals surface area contributed by atoms with E-state index in [2.05, 4.69) is 32.1 Å². The fraction of sp³-hybridized carbons (Fsp3) is 0.559. The maximum atomic E-state index is 14.2. The van der Waals surface area contributed by atoms with Gasteiger partial charge >= 0.3 is 12.1 Å². The number of anilines is 2. The van der Waals surface area contributed by atoms with Crippen molar-refractivity contribution in [1.29, 1.82) is 0 Å². The van der Waals surface area contributed by atoms with E-state index in [9.17, 15) is 22.8 Å². The molecule has 2 saturated heterocycles. The van der Waals surface area contributed by atoms with Crippen LogP contribution in [0.3, 0.4) is 0 Å². The molecule has 49 heavy (non-hydrogen) atoms. The predicted octanol–water partition coefficient (Wildman–Crippen LogP) is 6.44. The van der Waals surface area contributed by atoms with Crippen LogP contribution in [0, 0.1) is 5.92 Å². The van der Waals surface area contributed by atoms with Gasteiger partial charge in [-0.05, 0) is 64.3 Å². The molecule has 0 unspecified atom stereocenters. The molecule has 266 valence electrons. The van der Waals surface area contributed by atoms with Crippen molar-refractivity contribution in [3.05, 3.63) is 46.7 Å². The number of esters is 1. The van der Waals surface area contributed by atoms with Crippen LogP contribution >= 0.6 is 11.3 Å². The highest BCUT2D eigenvalue weighted by Gasteiger charge is 2.35. The van der Waals surface area contributed by atoms with Gasteiger partial charge in [0, 0.05) is 56.3 Å². The van der Waals surface area contributed by atoms with Gasteiger partial charge in [-0.2, -0.15) is 13.2 Å². The summed E-state index contributed by atoms with van der Waals surface area (Å²) in [7, 11) is 1.52. The van der Waals surface area contributed by atoms with E-state index in [1.165, 1.54) is 36.9 Å². The number of piperidine rings is 2. The Morgan fingerprint density at radius 1 is 1.06 bits per heavy atom. The number of nitrogens with zero attached hydrogens (tertiary/aromatic N) is 5. The Bertz CT molecular complexity index is 1560. The first kappa shape index (κ1) is 36.5. The molecule has 15 heteroatoms. The number of benzene rings is 1. The predicted molar refractivity (Wildman–Crippen MR) is 180 cm³/mol. The number of hydrogen-bond acceptors (Lipinski definition) is 11. The lowest BCUT2D eigenvalue weighted by Gasteiger charge is -2.33. The molecule has 2 fully saturated rings. The number of carbonyl (C=O) groups is 2. The Balaban J connectivity index is 1.34. The fourth-order valence-corrected chi connectivity index (χ4v) is 7.10. The molecule has 0 radical (unpaired) electrons. The summed E-state index contributed by atoms with van der Waals surface area (Å²) in [5.74, 6) is -0.515. The summed E-state index contributed by atoms with van der Waals surface area (Å²) in [6, 6.07) is 4.27. The molecule has 5 rings (SSSR count). The average Bonchev–Trinajstić information content (AvgIpc) is 3.49. The SMILES string of the molecule is CCOC(=O)C1CCN(c2cnc(C(=O)Nc3nc(-c4ccc(OCCCOC)c(C(F)(F)F)c4)c(CN4CCCC[C@H]4C)s3)cn2)CC1. The van der Waals surface area contributed by atoms with E-state index in [1.807, 2.05) is 4.90 Å². The van der Waals surface area contributed by atoms with Crippen LogP contribution in [-0.2, 0) is 27.0 Å². The Hall–Kier alpha value is -3.82. The maximum Gasteiger partial charge on any atom is 0.419 e. The van der Waals surface area contributed by atoms with Crippen molar-refractivity contribution >= 4 is 34.2 Å². The molecular formula is C34H43F3N6O5S. The van der Waals surface area contributed by atoms with Crippen molar-refractivity contribution in [2.24, 2.45) is 5.92 Å². The number of nitrogens with one attached hydrogen (secondary N) is 1. The number of aromatic nitrogens is 3. The molecule has 0 spiro atoms. The molecule has 2 aliphatic rings. The zero-order valence-electron chi connectivity index (χ0n) is 28.1. The number of ether oxygens (including phenoxy) is 3. The number of rotatable bonds is 13. The van der Waals surface area contributed by atoms with Crippen LogP contribution in [0.5, 0.6) is 5.75 Å². The molecule has 1 amide bonds. The lowest BCUT2D eigenvalue weighted by atomic mass is 9.97. The summed E-state index contributed by atoms with van der Waals surface area (Å²) < 4.78 is 58.2. The van der Waals surface area contributed by atoms with Gasteiger partial charge < -0.3 is 19.1 Å². The van der Waals surface area contributed by atoms with E-state index < -0.39 is 17.6 Å². The van der Waals surface area contributed by atoms with Crippen molar-refractivity contribution < 1.29 is 37.0 Å². The van der Waals surface area contributed by atoms with Crippen molar-refractivity contribution in [1.82, 2.24) is 19.9 Å². The third kappa shape index (κ3) is 9.45. The summed E-state index contributed by atoms with van der Waals surface area (Å²) in [4.78, 5) is 43.8. The molecule has 2 aliphatic heterocycles. The van der Waals surface area contributed by atoms with E-state index in [4.69, 9.17) is 14.2 Å². The molecule has 11 nitrogen and oxygen atoms in total. The van der Waals surface area contributed by atoms with E-state index in [-0.39, 0.29) is 40.6 Å². The number of alkyl halides is 3. The van der Waals surface area contributed by atoms with Gasteiger partial charge in [0.1, 0.15) is 17.3 Å². The third-order valence-corrected chi connectivity index (χ3v) is 9.78. The first-order valence-electron chi connectivity index (χ1n) is 16.7. The van der Waals surface area contributed by atoms with Crippen LogP contribution in [0.15, 0.2) is 30.6 Å². The number of amides is 1. The third-order valence-electron chi connectivity index (χ3n) is 8.82. The molecule has 1 N–H and O–H groups in total. The standard InChI is InChI=1S/C34H43F3N6O5S/c1-4-47-32(45)23-11-14-42(15-12-23)29-20-38-26(19-39-29)31(44)41-33-40-30(28(49-33)21-43-13-6-5-8-22(43)2)24-9-10-27(48-17-7-16-46-3)25(18-24)34(35,36)37/h9-10,18-20,22-23H,4-8,11-17,21H2,1-3H3,(H,40,41,44)/t22-/m1/s1. The molecule has 4 heterocycles. The second kappa shape index (κ2) is 16.7. The second-order valence-electron chi connectivity index (χ2n) is 12.2. The van der Waals surface area contributed by atoms with Gasteiger partial charge in [0.25, 0.3) is 5.91 Å². The van der Waals surface area contributed by atoms with Crippen molar-refractivity contribution in [3.8, 4) is 17.0 Å². The van der Waals surface area contributed by atoms with Crippen LogP contribution in [0.25, 0.3) is 11.3 Å². The van der Waals surface area contributed by atoms with E-state index >= 15 is 0 Å². The quantitative estimate of drug-likeness (QED) is 0.157. The minimum absolute atomic E-state index is 0.0717. The molecular weight excluding hydrogens is 661 g/mol. The Morgan fingerprint density at radius 2 is 1.86 bits per heavy atom. The molecule has 1 aromatic carbocycles. The van der Waals surface area contributed by atoms with Gasteiger partial charge in [0.2, 0.25) is 0 Å². The van der Waals surface area contributed by atoms with Gasteiger partial charge in [0.05, 0.1) is 42.8 Å². The molecule has 0 bridgehead atoms. The van der Waals surface area contributed by atoms with Crippen LogP contribution < -0.4 is 15.0 Å². The summed E-state index contributed by atoms with van der Waals surface area (Å²) in [5.41, 5.74) is -0.160. The van der Waals surface area contributed by atoms with Crippen LogP contribution in [0.4, 0.5) is 24.1 Å². The number of methoxy groups -OCH3 is 1. The smallest absolute Gasteiger partial charge is 0.419 e. The molecule has 0 aliphatic carbocycles. The van der Waals surface area contributed by atoms with Crippen LogP contribution in [0.1, 0.15) is 73.3 Å². The fourth-order valence-electron chi connectivity index (χ4n) is 6.09. The van der Waals surface area contributed by atoms with Crippen molar-refractivity contribution in [3.63, 3.8) is 0 Å². The number of halogens is 3. The van der Waals surface area contributed by atoms with Crippen molar-refractivity contribution in [2.45, 2.75) is 71.1 Å². The minimum atomic E-state index is -4.65. The number of thiazole rings is 1. The monoisotopic (exact) mass is 704 g/mol. The van der Waals surface area contributed by atoms with Crippen LogP contribution in [0.2, 0.25) is 0 Å². The molecule has 3 aromatic rings. The minimum Gasteiger partial charge on any atom is -0.493 e. The maximum absolute atomic E-state index is 14.2. The van der Waals surface area contributed by atoms with Gasteiger partial charge in [-0.3, -0.25) is 19.8 Å². The lowest BCUT2D eigenvalue weighted by Crippen LogP contribution is -2.37. The molecule has 1 atom stereocenters. The number of carbonyl (C=O) groups excluding carboxylic acids is 2. The lowest BCUT2D eigenvalue weighted by molar-refractivity contribution is -0.148. The number of hydrogen-bond donors (Lipinski definition) is 1. The summed E-state index contributed by atoms with van der Waals surface area (Å²) in [6.45, 7) is 7.32. The topological polar surface area (TPSA) is 119 Å². The number of likely N-dealkylation sites (tertiary alicyclic amines) is 1. The normalized spacial score (nSPS) is 17.6. The first-order valence-corrected chi connectivity index (χ1v) is 17.5. The zero-order valence-corrected chi connectivity index (χ0v) is 28.9. The Labute approximate surface area is 288 Å². The highest BCUT2D eigenvalue weighted by Crippen LogP contribution is 2.41. The zero-order chi connectivity index (χ0) is 35.0. The molecule has 2 aromatic heterocycles. The first-order chi connectivity index (χ1) is 23.6. The largest absolute Gasteiger partial charge is 0.493 e. The summed E-state index contributed by atoms with van der Waals surface area (Å²) in [5, 5.41) is 3.04. The van der Waals surface area contributed by atoms with Gasteiger partial charge in [0.15, 0.2) is 5.13 Å². The van der Waals surface area contributed by atoms with Crippen LogP contribution in [-0.4, -0.2) is 84.3 Å². The highest BCUT2D eigenvalue weighted by molar-refractivity contribution is 7.16. The van der Waals surface area contributed by atoms with Gasteiger partial charge in [-0.15, -0.1) is 0 Å². The summed E-state index contributed by atoms with van der Waals surface area (Å²) in [6.07, 6.45) is 3.18. The van der Waals surface area contributed by atoms with E-state index in [0.29, 0.717) is 69.7 Å². The van der Waals surface area contributed by atoms with Gasteiger partial charge in [-0.1, -0.05) is 17.8 Å². The Morgan fingerprint density at radius 3 is 2.53 bits per heavy atom. The van der Waals surface area contributed by atoms with Crippen molar-refractivity contribution in [2.75, 3.05) is 56.8 Å². The highest BCUT2D eigenvalue weighted by atomic mass is 32.1. The average molecular weight is 705 g/mol.